The van der Waals surface area contributed by atoms with E-state index in [9.17, 15) is 9.59 Å². The summed E-state index contributed by atoms with van der Waals surface area (Å²) in [4.78, 5) is 35.3. The molecule has 1 aliphatic heterocycles. The van der Waals surface area contributed by atoms with Crippen LogP contribution in [0.4, 0.5) is 0 Å². The highest BCUT2D eigenvalue weighted by Gasteiger charge is 2.14. The maximum atomic E-state index is 13.0. The highest BCUT2D eigenvalue weighted by Crippen LogP contribution is 2.23. The average Bonchev–Trinajstić information content (AvgIpc) is 2.95. The summed E-state index contributed by atoms with van der Waals surface area (Å²) in [5, 5.41) is 1.33. The number of ketones is 1. The first-order valence-electron chi connectivity index (χ1n) is 13.3. The summed E-state index contributed by atoms with van der Waals surface area (Å²) in [6.45, 7) is 7.82. The minimum atomic E-state index is -0.0343. The van der Waals surface area contributed by atoms with Crippen molar-refractivity contribution in [1.82, 2.24) is 19.4 Å². The lowest BCUT2D eigenvalue weighted by Gasteiger charge is -2.32. The summed E-state index contributed by atoms with van der Waals surface area (Å²) in [7, 11) is 3.91. The Morgan fingerprint density at radius 1 is 0.923 bits per heavy atom. The molecule has 1 aromatic heterocycles. The van der Waals surface area contributed by atoms with Gasteiger partial charge < -0.3 is 9.64 Å². The van der Waals surface area contributed by atoms with Crippen LogP contribution in [0.25, 0.3) is 10.9 Å². The quantitative estimate of drug-likeness (QED) is 0.177. The van der Waals surface area contributed by atoms with Crippen molar-refractivity contribution in [2.45, 2.75) is 17.8 Å². The third-order valence-electron chi connectivity index (χ3n) is 7.25. The largest absolute Gasteiger partial charge is 0.492 e. The van der Waals surface area contributed by atoms with E-state index in [1.165, 1.54) is 11.8 Å². The Hall–Kier alpha value is -3.46. The summed E-state index contributed by atoms with van der Waals surface area (Å²) in [5.41, 5.74) is 3.94. The van der Waals surface area contributed by atoms with Crippen molar-refractivity contribution in [3.63, 3.8) is 0 Å². The number of carbonyl (C=O) groups is 1. The monoisotopic (exact) mass is 542 g/mol. The SMILES string of the molecule is Cc1cccc2nc(SCc3ccc(C(=O)c4ccc(OCCN5CCN(C)CC5)cc4)cc3)n(C)c(=O)c12. The van der Waals surface area contributed by atoms with E-state index in [4.69, 9.17) is 9.72 Å². The van der Waals surface area contributed by atoms with Gasteiger partial charge in [-0.1, -0.05) is 48.2 Å². The van der Waals surface area contributed by atoms with E-state index >= 15 is 0 Å². The Balaban J connectivity index is 1.16. The fraction of sp³-hybridized carbons (Fsp3) is 0.323. The smallest absolute Gasteiger partial charge is 0.262 e. The van der Waals surface area contributed by atoms with Crippen molar-refractivity contribution in [2.24, 2.45) is 7.05 Å². The predicted octanol–water partition coefficient (Wildman–Crippen LogP) is 4.39. The van der Waals surface area contributed by atoms with Gasteiger partial charge in [-0.3, -0.25) is 19.1 Å². The molecule has 5 rings (SSSR count). The van der Waals surface area contributed by atoms with Gasteiger partial charge in [-0.2, -0.15) is 0 Å². The fourth-order valence-electron chi connectivity index (χ4n) is 4.72. The van der Waals surface area contributed by atoms with E-state index in [-0.39, 0.29) is 11.3 Å². The summed E-state index contributed by atoms with van der Waals surface area (Å²) < 4.78 is 7.51. The number of rotatable bonds is 9. The van der Waals surface area contributed by atoms with Crippen LogP contribution in [0.15, 0.2) is 76.7 Å². The molecule has 3 aromatic carbocycles. The number of aromatic nitrogens is 2. The van der Waals surface area contributed by atoms with E-state index < -0.39 is 0 Å². The molecule has 0 spiro atoms. The molecule has 39 heavy (non-hydrogen) atoms. The Bertz CT molecular complexity index is 1510. The number of nitrogens with zero attached hydrogens (tertiary/aromatic N) is 4. The first kappa shape index (κ1) is 27.1. The zero-order valence-electron chi connectivity index (χ0n) is 22.7. The molecule has 0 radical (unpaired) electrons. The van der Waals surface area contributed by atoms with Crippen molar-refractivity contribution in [3.8, 4) is 5.75 Å². The van der Waals surface area contributed by atoms with E-state index in [1.807, 2.05) is 73.7 Å². The van der Waals surface area contributed by atoms with Gasteiger partial charge in [0.05, 0.1) is 10.9 Å². The average molecular weight is 543 g/mol. The predicted molar refractivity (Wildman–Crippen MR) is 157 cm³/mol. The van der Waals surface area contributed by atoms with E-state index in [1.54, 1.807) is 11.6 Å². The van der Waals surface area contributed by atoms with Crippen LogP contribution >= 0.6 is 11.8 Å². The lowest BCUT2D eigenvalue weighted by atomic mass is 10.0. The van der Waals surface area contributed by atoms with Crippen LogP contribution in [0.3, 0.4) is 0 Å². The fourth-order valence-corrected chi connectivity index (χ4v) is 5.65. The van der Waals surface area contributed by atoms with Crippen LogP contribution < -0.4 is 10.3 Å². The van der Waals surface area contributed by atoms with Gasteiger partial charge >= 0.3 is 0 Å². The molecule has 1 fully saturated rings. The second-order valence-corrected chi connectivity index (χ2v) is 11.0. The van der Waals surface area contributed by atoms with Crippen LogP contribution in [0.5, 0.6) is 5.75 Å². The zero-order valence-corrected chi connectivity index (χ0v) is 23.5. The maximum absolute atomic E-state index is 13.0. The van der Waals surface area contributed by atoms with E-state index in [2.05, 4.69) is 16.8 Å². The molecule has 2 heterocycles. The van der Waals surface area contributed by atoms with Gasteiger partial charge in [-0.15, -0.1) is 0 Å². The van der Waals surface area contributed by atoms with Gasteiger partial charge in [0.2, 0.25) is 0 Å². The van der Waals surface area contributed by atoms with Gasteiger partial charge in [0.1, 0.15) is 12.4 Å². The molecule has 0 atom stereocenters. The van der Waals surface area contributed by atoms with Gasteiger partial charge in [-0.25, -0.2) is 4.98 Å². The Labute approximate surface area is 233 Å². The number of hydrogen-bond donors (Lipinski definition) is 0. The second-order valence-electron chi connectivity index (χ2n) is 10.1. The molecule has 1 aliphatic rings. The van der Waals surface area contributed by atoms with Gasteiger partial charge in [0.15, 0.2) is 10.9 Å². The number of fused-ring (bicyclic) bond motifs is 1. The number of carbonyl (C=O) groups excluding carboxylic acids is 1. The van der Waals surface area contributed by atoms with Gasteiger partial charge in [-0.05, 0) is 55.4 Å². The van der Waals surface area contributed by atoms with Crippen LogP contribution in [0.2, 0.25) is 0 Å². The summed E-state index contributed by atoms with van der Waals surface area (Å²) >= 11 is 1.51. The van der Waals surface area contributed by atoms with Crippen molar-refractivity contribution in [3.05, 3.63) is 99.3 Å². The molecule has 0 amide bonds. The highest BCUT2D eigenvalue weighted by molar-refractivity contribution is 7.98. The summed E-state index contributed by atoms with van der Waals surface area (Å²) in [6, 6.07) is 20.7. The molecule has 7 nitrogen and oxygen atoms in total. The number of hydrogen-bond acceptors (Lipinski definition) is 7. The van der Waals surface area contributed by atoms with Gasteiger partial charge in [0, 0.05) is 56.7 Å². The minimum absolute atomic E-state index is 0.0212. The minimum Gasteiger partial charge on any atom is -0.492 e. The molecule has 1 saturated heterocycles. The standard InChI is InChI=1S/C31H34N4O3S/c1-22-5-4-6-27-28(22)30(37)34(3)31(32-27)39-21-23-7-9-24(10-8-23)29(36)25-11-13-26(14-12-25)38-20-19-35-17-15-33(2)16-18-35/h4-14H,15-21H2,1-3H3. The molecular formula is C31H34N4O3S. The molecule has 8 heteroatoms. The van der Waals surface area contributed by atoms with Crippen molar-refractivity contribution < 1.29 is 9.53 Å². The summed E-state index contributed by atoms with van der Waals surface area (Å²) in [5.74, 6) is 1.40. The molecule has 0 bridgehead atoms. The molecule has 4 aromatic rings. The Morgan fingerprint density at radius 3 is 2.28 bits per heavy atom. The molecule has 0 N–H and O–H groups in total. The Morgan fingerprint density at radius 2 is 1.59 bits per heavy atom. The number of ether oxygens (including phenoxy) is 1. The van der Waals surface area contributed by atoms with E-state index in [0.29, 0.717) is 39.5 Å². The lowest BCUT2D eigenvalue weighted by Crippen LogP contribution is -2.45. The number of thioether (sulfide) groups is 1. The maximum Gasteiger partial charge on any atom is 0.262 e. The lowest BCUT2D eigenvalue weighted by molar-refractivity contribution is 0.103. The van der Waals surface area contributed by atoms with Crippen molar-refractivity contribution in [2.75, 3.05) is 46.4 Å². The third kappa shape index (κ3) is 6.41. The normalized spacial score (nSPS) is 14.5. The van der Waals surface area contributed by atoms with Gasteiger partial charge in [0.25, 0.3) is 5.56 Å². The Kier molecular flexibility index (Phi) is 8.45. The van der Waals surface area contributed by atoms with E-state index in [0.717, 1.165) is 49.6 Å². The van der Waals surface area contributed by atoms with Crippen molar-refractivity contribution >= 4 is 28.4 Å². The van der Waals surface area contributed by atoms with Crippen LogP contribution in [-0.4, -0.2) is 71.5 Å². The number of aryl methyl sites for hydroxylation is 1. The van der Waals surface area contributed by atoms with Crippen LogP contribution in [0.1, 0.15) is 27.0 Å². The number of piperazine rings is 1. The molecule has 0 saturated carbocycles. The van der Waals surface area contributed by atoms with Crippen LogP contribution in [-0.2, 0) is 12.8 Å². The first-order chi connectivity index (χ1) is 18.9. The number of likely N-dealkylation sites (N-methyl/N-ethyl adjacent to an activating group) is 1. The second kappa shape index (κ2) is 12.2. The topological polar surface area (TPSA) is 67.7 Å². The number of benzene rings is 3. The molecule has 0 aliphatic carbocycles. The third-order valence-corrected chi connectivity index (χ3v) is 8.35. The van der Waals surface area contributed by atoms with Crippen molar-refractivity contribution in [1.29, 1.82) is 0 Å². The van der Waals surface area contributed by atoms with Crippen LogP contribution in [0, 0.1) is 6.92 Å². The molecule has 202 valence electrons. The molecular weight excluding hydrogens is 508 g/mol. The zero-order chi connectivity index (χ0) is 27.4. The first-order valence-corrected chi connectivity index (χ1v) is 14.2. The molecule has 0 unspecified atom stereocenters. The summed E-state index contributed by atoms with van der Waals surface area (Å²) in [6.07, 6.45) is 0. The highest BCUT2D eigenvalue weighted by atomic mass is 32.2.